The van der Waals surface area contributed by atoms with Gasteiger partial charge in [0.2, 0.25) is 0 Å². The van der Waals surface area contributed by atoms with Crippen molar-refractivity contribution < 1.29 is 85.3 Å². The van der Waals surface area contributed by atoms with Crippen LogP contribution < -0.4 is 0 Å². The van der Waals surface area contributed by atoms with Crippen molar-refractivity contribution >= 4 is 0 Å². The first-order valence-electron chi connectivity index (χ1n) is 27.5. The van der Waals surface area contributed by atoms with Gasteiger partial charge in [-0.25, -0.2) is 0 Å². The Bertz CT molecular complexity index is 1210. The van der Waals surface area contributed by atoms with E-state index in [4.69, 9.17) is 85.3 Å². The molecule has 0 spiro atoms. The smallest absolute Gasteiger partial charge is 0.163 e. The van der Waals surface area contributed by atoms with Gasteiger partial charge in [-0.1, -0.05) is 66.7 Å². The summed E-state index contributed by atoms with van der Waals surface area (Å²) in [5, 5.41) is 0. The first kappa shape index (κ1) is 64.6. The van der Waals surface area contributed by atoms with E-state index in [0.29, 0.717) is 126 Å². The van der Waals surface area contributed by atoms with Gasteiger partial charge in [-0.05, 0) is 59.8 Å². The van der Waals surface area contributed by atoms with Crippen molar-refractivity contribution in [1.82, 2.24) is 0 Å². The van der Waals surface area contributed by atoms with Gasteiger partial charge in [0, 0.05) is 33.0 Å². The third-order valence-electron chi connectivity index (χ3n) is 11.6. The van der Waals surface area contributed by atoms with Crippen molar-refractivity contribution in [2.75, 3.05) is 152 Å². The monoisotopic (exact) mass is 1030 g/mol. The quantitative estimate of drug-likeness (QED) is 0.0446. The minimum Gasteiger partial charge on any atom is -0.376 e. The average Bonchev–Trinajstić information content (AvgIpc) is 4.01. The van der Waals surface area contributed by atoms with E-state index in [1.54, 1.807) is 0 Å². The third kappa shape index (κ3) is 33.8. The van der Waals surface area contributed by atoms with Crippen molar-refractivity contribution in [1.29, 1.82) is 0 Å². The Morgan fingerprint density at radius 3 is 0.845 bits per heavy atom. The Balaban J connectivity index is 1.63. The predicted octanol–water partition coefficient (Wildman–Crippen LogP) is 7.12. The Morgan fingerprint density at radius 2 is 0.592 bits per heavy atom. The van der Waals surface area contributed by atoms with E-state index in [-0.39, 0.29) is 68.7 Å². The summed E-state index contributed by atoms with van der Waals surface area (Å²) in [7, 11) is 0. The Kier molecular flexibility index (Phi) is 36.9. The molecule has 0 aromatic rings. The van der Waals surface area contributed by atoms with Crippen molar-refractivity contribution in [2.24, 2.45) is 0 Å². The second kappa shape index (κ2) is 40.5. The summed E-state index contributed by atoms with van der Waals surface area (Å²) in [4.78, 5) is 0. The van der Waals surface area contributed by atoms with Crippen molar-refractivity contribution in [3.8, 4) is 0 Å². The largest absolute Gasteiger partial charge is 0.376 e. The van der Waals surface area contributed by atoms with E-state index in [1.165, 1.54) is 0 Å². The second-order valence-electron chi connectivity index (χ2n) is 19.8. The number of hydrogen-bond donors (Lipinski definition) is 0. The van der Waals surface area contributed by atoms with Gasteiger partial charge in [0.05, 0.1) is 119 Å². The molecular weight excluding hydrogens is 925 g/mol. The minimum absolute atomic E-state index is 0.122. The predicted molar refractivity (Wildman–Crippen MR) is 268 cm³/mol. The van der Waals surface area contributed by atoms with Crippen LogP contribution in [0.5, 0.6) is 0 Å². The lowest BCUT2D eigenvalue weighted by molar-refractivity contribution is -0.151. The van der Waals surface area contributed by atoms with Gasteiger partial charge in [-0.3, -0.25) is 0 Å². The highest BCUT2D eigenvalue weighted by Gasteiger charge is 2.34. The van der Waals surface area contributed by atoms with Crippen LogP contribution in [-0.4, -0.2) is 218 Å². The Hall–Kier alpha value is -0.720. The van der Waals surface area contributed by atoms with Crippen LogP contribution in [0.25, 0.3) is 0 Å². The molecule has 0 bridgehead atoms. The van der Waals surface area contributed by atoms with E-state index in [1.807, 2.05) is 27.7 Å². The van der Waals surface area contributed by atoms with Crippen LogP contribution in [0.2, 0.25) is 0 Å². The molecule has 3 aliphatic heterocycles. The molecule has 18 nitrogen and oxygen atoms in total. The Morgan fingerprint density at radius 1 is 0.338 bits per heavy atom. The second-order valence-corrected chi connectivity index (χ2v) is 19.8. The van der Waals surface area contributed by atoms with Gasteiger partial charge in [0.1, 0.15) is 54.9 Å². The highest BCUT2D eigenvalue weighted by Crippen LogP contribution is 2.23. The summed E-state index contributed by atoms with van der Waals surface area (Å²) in [5.41, 5.74) is 0. The first-order chi connectivity index (χ1) is 34.5. The molecule has 3 aliphatic rings. The molecule has 0 N–H and O–H groups in total. The van der Waals surface area contributed by atoms with Gasteiger partial charge in [-0.2, -0.15) is 0 Å². The maximum absolute atomic E-state index is 6.61. The molecule has 0 aromatic heterocycles. The van der Waals surface area contributed by atoms with Gasteiger partial charge >= 0.3 is 0 Å². The maximum atomic E-state index is 6.61. The molecule has 9 atom stereocenters. The van der Waals surface area contributed by atoms with Crippen LogP contribution in [0.15, 0.2) is 0 Å². The van der Waals surface area contributed by atoms with Gasteiger partial charge in [-0.15, -0.1) is 0 Å². The molecule has 3 saturated heterocycles. The molecule has 0 aliphatic carbocycles. The maximum Gasteiger partial charge on any atom is 0.163 e. The molecule has 71 heavy (non-hydrogen) atoms. The number of epoxide rings is 1. The summed E-state index contributed by atoms with van der Waals surface area (Å²) < 4.78 is 110. The van der Waals surface area contributed by atoms with Crippen LogP contribution in [0.4, 0.5) is 0 Å². The number of unbranched alkanes of at least 4 members (excludes halogenated alkanes) is 5. The van der Waals surface area contributed by atoms with E-state index in [9.17, 15) is 0 Å². The lowest BCUT2D eigenvalue weighted by Crippen LogP contribution is -2.37. The van der Waals surface area contributed by atoms with Gasteiger partial charge < -0.3 is 85.3 Å². The molecule has 18 heteroatoms. The van der Waals surface area contributed by atoms with Crippen molar-refractivity contribution in [2.45, 2.75) is 193 Å². The molecule has 0 saturated carbocycles. The topological polar surface area (TPSA) is 169 Å². The number of hydrogen-bond acceptors (Lipinski definition) is 18. The summed E-state index contributed by atoms with van der Waals surface area (Å²) in [6, 6.07) is 0. The van der Waals surface area contributed by atoms with Crippen LogP contribution >= 0.6 is 0 Å². The standard InChI is InChI=1S/C53H102O18/c1-10-15-20-61-43(25-54-26-44(62-21-16-11-2)30-58-36-49-40-67-49)27-55-33-47(34-56-28-45(63-22-17-12-3)31-59-37-50-41-68-52(6,7)70-50)66-39-48(65-24-19-14-5)35-57-29-46(64-23-18-13-4)32-60-38-51-42-69-53(8,9)71-51/h43-51H,10-42H2,1-9H3. The number of rotatable bonds is 51. The SMILES string of the molecule is CCCCOC(COCC(COCC1CO1)OCCCC)COCC(COCC(COCC1COC(C)(C)O1)OCCCC)OCC(COCC(COCC1COC(C)(C)O1)OCCCC)OCCCC. The fraction of sp³-hybridized carbons (Fsp3) is 1.00. The number of ether oxygens (including phenoxy) is 18. The fourth-order valence-corrected chi connectivity index (χ4v) is 7.25. The molecule has 0 radical (unpaired) electrons. The summed E-state index contributed by atoms with van der Waals surface area (Å²) in [6.45, 7) is 28.5. The van der Waals surface area contributed by atoms with Crippen LogP contribution in [0, 0.1) is 0 Å². The molecule has 9 unspecified atom stereocenters. The normalized spacial score (nSPS) is 22.2. The highest BCUT2D eigenvalue weighted by molar-refractivity contribution is 4.73. The molecule has 3 heterocycles. The zero-order valence-electron chi connectivity index (χ0n) is 45.9. The first-order valence-corrected chi connectivity index (χ1v) is 27.5. The van der Waals surface area contributed by atoms with Gasteiger partial charge in [0.25, 0.3) is 0 Å². The van der Waals surface area contributed by atoms with E-state index in [0.717, 1.165) is 70.8 Å². The molecule has 3 fully saturated rings. The van der Waals surface area contributed by atoms with E-state index in [2.05, 4.69) is 34.6 Å². The molecule has 0 aromatic carbocycles. The summed E-state index contributed by atoms with van der Waals surface area (Å²) in [5.74, 6) is -1.22. The van der Waals surface area contributed by atoms with Crippen LogP contribution in [0.1, 0.15) is 127 Å². The molecular formula is C53H102O18. The molecule has 3 rings (SSSR count). The molecule has 422 valence electrons. The average molecular weight is 1030 g/mol. The van der Waals surface area contributed by atoms with Gasteiger partial charge in [0.15, 0.2) is 11.6 Å². The lowest BCUT2D eigenvalue weighted by Gasteiger charge is -2.26. The summed E-state index contributed by atoms with van der Waals surface area (Å²) in [6.07, 6.45) is 7.97. The van der Waals surface area contributed by atoms with E-state index >= 15 is 0 Å². The summed E-state index contributed by atoms with van der Waals surface area (Å²) >= 11 is 0. The van der Waals surface area contributed by atoms with Crippen LogP contribution in [0.3, 0.4) is 0 Å². The molecule has 0 amide bonds. The minimum atomic E-state index is -0.614. The van der Waals surface area contributed by atoms with E-state index < -0.39 is 17.7 Å². The lowest BCUT2D eigenvalue weighted by atomic mass is 10.3. The fourth-order valence-electron chi connectivity index (χ4n) is 7.25. The third-order valence-corrected chi connectivity index (χ3v) is 11.6. The zero-order chi connectivity index (χ0) is 51.3. The Labute approximate surface area is 429 Å². The van der Waals surface area contributed by atoms with Crippen LogP contribution in [-0.2, 0) is 85.3 Å². The van der Waals surface area contributed by atoms with Crippen molar-refractivity contribution in [3.05, 3.63) is 0 Å². The highest BCUT2D eigenvalue weighted by atomic mass is 16.8. The zero-order valence-corrected chi connectivity index (χ0v) is 45.9. The van der Waals surface area contributed by atoms with Crippen molar-refractivity contribution in [3.63, 3.8) is 0 Å².